The molecule has 0 atom stereocenters. The molecule has 0 saturated carbocycles. The first-order chi connectivity index (χ1) is 9.54. The summed E-state index contributed by atoms with van der Waals surface area (Å²) < 4.78 is 0.711. The average Bonchev–Trinajstić information content (AvgIpc) is 2.89. The van der Waals surface area contributed by atoms with Crippen molar-refractivity contribution >= 4 is 33.5 Å². The minimum Gasteiger partial charge on any atom is -0.409 e. The van der Waals surface area contributed by atoms with Crippen molar-refractivity contribution in [3.05, 3.63) is 45.6 Å². The number of nitrogens with one attached hydrogen (secondary N) is 2. The highest BCUT2D eigenvalue weighted by molar-refractivity contribution is 9.10. The van der Waals surface area contributed by atoms with E-state index in [2.05, 4.69) is 36.6 Å². The van der Waals surface area contributed by atoms with Gasteiger partial charge in [0.1, 0.15) is 5.82 Å². The lowest BCUT2D eigenvalue weighted by atomic mass is 10.1. The number of carbonyl (C=O) groups is 1. The van der Waals surface area contributed by atoms with Crippen LogP contribution < -0.4 is 11.1 Å². The van der Waals surface area contributed by atoms with E-state index in [0.29, 0.717) is 15.6 Å². The van der Waals surface area contributed by atoms with Gasteiger partial charge in [-0.2, -0.15) is 5.10 Å². The van der Waals surface area contributed by atoms with E-state index in [4.69, 9.17) is 10.9 Å². The maximum Gasteiger partial charge on any atom is 0.257 e. The number of halogens is 1. The highest BCUT2D eigenvalue weighted by Gasteiger charge is 2.16. The van der Waals surface area contributed by atoms with Crippen molar-refractivity contribution in [2.24, 2.45) is 10.9 Å². The Morgan fingerprint density at radius 3 is 2.95 bits per heavy atom. The zero-order chi connectivity index (χ0) is 14.7. The molecule has 0 radical (unpaired) electrons. The first-order valence-electron chi connectivity index (χ1n) is 5.62. The number of H-pyrrole nitrogens is 1. The maximum absolute atomic E-state index is 12.2. The van der Waals surface area contributed by atoms with Crippen molar-refractivity contribution in [2.75, 3.05) is 5.32 Å². The lowest BCUT2D eigenvalue weighted by Crippen LogP contribution is -2.18. The molecule has 20 heavy (non-hydrogen) atoms. The molecule has 0 bridgehead atoms. The van der Waals surface area contributed by atoms with Gasteiger partial charge in [-0.15, -0.1) is 0 Å². The third kappa shape index (κ3) is 2.64. The van der Waals surface area contributed by atoms with E-state index in [9.17, 15) is 4.79 Å². The van der Waals surface area contributed by atoms with Crippen LogP contribution in [0.4, 0.5) is 5.82 Å². The molecule has 0 fully saturated rings. The van der Waals surface area contributed by atoms with Gasteiger partial charge in [0, 0.05) is 4.47 Å². The summed E-state index contributed by atoms with van der Waals surface area (Å²) >= 11 is 3.37. The van der Waals surface area contributed by atoms with Gasteiger partial charge in [-0.1, -0.05) is 17.3 Å². The first kappa shape index (κ1) is 14.1. The Bertz CT molecular complexity index is 680. The van der Waals surface area contributed by atoms with E-state index >= 15 is 0 Å². The average molecular weight is 338 g/mol. The molecule has 1 heterocycles. The molecule has 104 valence electrons. The molecule has 8 heteroatoms. The Labute approximate surface area is 123 Å². The summed E-state index contributed by atoms with van der Waals surface area (Å²) in [7, 11) is 0. The summed E-state index contributed by atoms with van der Waals surface area (Å²) in [4.78, 5) is 12.2. The monoisotopic (exact) mass is 337 g/mol. The molecule has 0 saturated heterocycles. The second-order valence-corrected chi connectivity index (χ2v) is 4.83. The second kappa shape index (κ2) is 5.74. The van der Waals surface area contributed by atoms with Crippen molar-refractivity contribution in [1.82, 2.24) is 10.2 Å². The third-order valence-corrected chi connectivity index (χ3v) is 3.75. The molecule has 2 aromatic rings. The van der Waals surface area contributed by atoms with Gasteiger partial charge in [0.25, 0.3) is 5.91 Å². The van der Waals surface area contributed by atoms with Gasteiger partial charge in [0.05, 0.1) is 17.3 Å². The minimum atomic E-state index is -0.336. The molecule has 1 amide bonds. The summed E-state index contributed by atoms with van der Waals surface area (Å²) in [6.45, 7) is 1.89. The molecule has 0 spiro atoms. The number of aryl methyl sites for hydroxylation is 1. The molecule has 7 nitrogen and oxygen atoms in total. The SMILES string of the molecule is Cc1cccc(C(=O)Nc2[nH]ncc2/C(N)=N/O)c1Br. The van der Waals surface area contributed by atoms with E-state index in [1.165, 1.54) is 6.20 Å². The van der Waals surface area contributed by atoms with Crippen LogP contribution in [0.5, 0.6) is 0 Å². The molecule has 0 aliphatic rings. The van der Waals surface area contributed by atoms with E-state index in [1.54, 1.807) is 12.1 Å². The van der Waals surface area contributed by atoms with Crippen LogP contribution in [0.25, 0.3) is 0 Å². The number of amidine groups is 1. The van der Waals surface area contributed by atoms with E-state index in [-0.39, 0.29) is 17.6 Å². The lowest BCUT2D eigenvalue weighted by molar-refractivity contribution is 0.102. The summed E-state index contributed by atoms with van der Waals surface area (Å²) in [6, 6.07) is 5.36. The maximum atomic E-state index is 12.2. The molecular formula is C12H12BrN5O2. The number of carbonyl (C=O) groups excluding carboxylic acids is 1. The Morgan fingerprint density at radius 1 is 1.50 bits per heavy atom. The van der Waals surface area contributed by atoms with Gasteiger partial charge in [0.15, 0.2) is 5.84 Å². The fourth-order valence-corrected chi connectivity index (χ4v) is 2.08. The van der Waals surface area contributed by atoms with Crippen LogP contribution in [-0.2, 0) is 0 Å². The fourth-order valence-electron chi connectivity index (χ4n) is 1.63. The summed E-state index contributed by atoms with van der Waals surface area (Å²) in [5, 5.41) is 20.5. The number of hydrogen-bond donors (Lipinski definition) is 4. The normalized spacial score (nSPS) is 11.4. The molecule has 1 aromatic carbocycles. The predicted molar refractivity (Wildman–Crippen MR) is 77.9 cm³/mol. The van der Waals surface area contributed by atoms with Crippen molar-refractivity contribution < 1.29 is 10.0 Å². The highest BCUT2D eigenvalue weighted by atomic mass is 79.9. The number of aromatic nitrogens is 2. The van der Waals surface area contributed by atoms with Crippen molar-refractivity contribution in [1.29, 1.82) is 0 Å². The van der Waals surface area contributed by atoms with Gasteiger partial charge in [-0.05, 0) is 34.5 Å². The van der Waals surface area contributed by atoms with Gasteiger partial charge >= 0.3 is 0 Å². The summed E-state index contributed by atoms with van der Waals surface area (Å²) in [5.74, 6) is -0.215. The number of rotatable bonds is 3. The number of oxime groups is 1. The molecular weight excluding hydrogens is 326 g/mol. The van der Waals surface area contributed by atoms with Crippen LogP contribution in [-0.4, -0.2) is 27.1 Å². The topological polar surface area (TPSA) is 116 Å². The van der Waals surface area contributed by atoms with Crippen molar-refractivity contribution in [2.45, 2.75) is 6.92 Å². The van der Waals surface area contributed by atoms with Crippen LogP contribution in [0.15, 0.2) is 34.0 Å². The van der Waals surface area contributed by atoms with Crippen LogP contribution in [0, 0.1) is 6.92 Å². The Kier molecular flexibility index (Phi) is 4.04. The molecule has 1 aromatic heterocycles. The van der Waals surface area contributed by atoms with E-state index in [1.807, 2.05) is 13.0 Å². The zero-order valence-corrected chi connectivity index (χ0v) is 12.1. The van der Waals surface area contributed by atoms with Crippen LogP contribution in [0.3, 0.4) is 0 Å². The number of nitrogens with two attached hydrogens (primary N) is 1. The smallest absolute Gasteiger partial charge is 0.257 e. The Hall–Kier alpha value is -2.35. The molecule has 0 unspecified atom stereocenters. The van der Waals surface area contributed by atoms with Crippen molar-refractivity contribution in [3.63, 3.8) is 0 Å². The predicted octanol–water partition coefficient (Wildman–Crippen LogP) is 1.83. The second-order valence-electron chi connectivity index (χ2n) is 4.03. The Morgan fingerprint density at radius 2 is 2.25 bits per heavy atom. The fraction of sp³-hybridized carbons (Fsp3) is 0.0833. The molecule has 0 aliphatic carbocycles. The van der Waals surface area contributed by atoms with Gasteiger partial charge < -0.3 is 16.3 Å². The molecule has 5 N–H and O–H groups in total. The third-order valence-electron chi connectivity index (χ3n) is 2.70. The quantitative estimate of drug-likeness (QED) is 0.296. The summed E-state index contributed by atoms with van der Waals surface area (Å²) in [5.41, 5.74) is 7.22. The van der Waals surface area contributed by atoms with Crippen LogP contribution >= 0.6 is 15.9 Å². The zero-order valence-electron chi connectivity index (χ0n) is 10.5. The van der Waals surface area contributed by atoms with Crippen molar-refractivity contribution in [3.8, 4) is 0 Å². The number of benzene rings is 1. The highest BCUT2D eigenvalue weighted by Crippen LogP contribution is 2.22. The van der Waals surface area contributed by atoms with Crippen LogP contribution in [0.1, 0.15) is 21.5 Å². The van der Waals surface area contributed by atoms with Gasteiger partial charge in [0.2, 0.25) is 0 Å². The van der Waals surface area contributed by atoms with E-state index in [0.717, 1.165) is 5.56 Å². The number of hydrogen-bond acceptors (Lipinski definition) is 4. The largest absolute Gasteiger partial charge is 0.409 e. The first-order valence-corrected chi connectivity index (χ1v) is 6.41. The van der Waals surface area contributed by atoms with Gasteiger partial charge in [-0.25, -0.2) is 0 Å². The number of amides is 1. The van der Waals surface area contributed by atoms with Gasteiger partial charge in [-0.3, -0.25) is 9.89 Å². The molecule has 0 aliphatic heterocycles. The number of nitrogens with zero attached hydrogens (tertiary/aromatic N) is 2. The Balaban J connectivity index is 2.29. The number of aromatic amines is 1. The summed E-state index contributed by atoms with van der Waals surface area (Å²) in [6.07, 6.45) is 1.36. The standard InChI is InChI=1S/C12H12BrN5O2/c1-6-3-2-4-7(9(6)13)12(19)16-11-8(5-15-17-11)10(14)18-20/h2-5,20H,1H3,(H2,14,18)(H2,15,16,17,19). The van der Waals surface area contributed by atoms with E-state index < -0.39 is 0 Å². The minimum absolute atomic E-state index is 0.141. The molecule has 2 rings (SSSR count). The number of anilines is 1. The van der Waals surface area contributed by atoms with Crippen LogP contribution in [0.2, 0.25) is 0 Å². The lowest BCUT2D eigenvalue weighted by Gasteiger charge is -2.08.